The van der Waals surface area contributed by atoms with Crippen molar-refractivity contribution in [2.24, 2.45) is 0 Å². The second kappa shape index (κ2) is 6.48. The molecule has 0 saturated carbocycles. The van der Waals surface area contributed by atoms with Gasteiger partial charge in [0.1, 0.15) is 17.0 Å². The molecular formula is C14H10Cl2N4OS. The van der Waals surface area contributed by atoms with Crippen LogP contribution in [0.4, 0.5) is 0 Å². The van der Waals surface area contributed by atoms with Gasteiger partial charge in [-0.3, -0.25) is 4.79 Å². The van der Waals surface area contributed by atoms with Crippen molar-refractivity contribution in [2.45, 2.75) is 6.54 Å². The topological polar surface area (TPSA) is 59.8 Å². The highest BCUT2D eigenvalue weighted by Gasteiger charge is 2.13. The Morgan fingerprint density at radius 1 is 1.27 bits per heavy atom. The average molecular weight is 353 g/mol. The molecule has 0 bridgehead atoms. The van der Waals surface area contributed by atoms with Crippen LogP contribution in [0.15, 0.2) is 43.0 Å². The van der Waals surface area contributed by atoms with Gasteiger partial charge in [0.05, 0.1) is 15.6 Å². The van der Waals surface area contributed by atoms with Gasteiger partial charge in [-0.05, 0) is 23.8 Å². The Balaban J connectivity index is 1.64. The van der Waals surface area contributed by atoms with E-state index in [4.69, 9.17) is 23.2 Å². The molecule has 1 aromatic carbocycles. The Labute approximate surface area is 140 Å². The summed E-state index contributed by atoms with van der Waals surface area (Å²) >= 11 is 13.0. The van der Waals surface area contributed by atoms with Gasteiger partial charge in [-0.2, -0.15) is 5.10 Å². The summed E-state index contributed by atoms with van der Waals surface area (Å²) in [4.78, 5) is 15.9. The predicted octanol–water partition coefficient (Wildman–Crippen LogP) is 3.57. The average Bonchev–Trinajstić information content (AvgIpc) is 3.15. The lowest BCUT2D eigenvalue weighted by molar-refractivity contribution is 0.0951. The van der Waals surface area contributed by atoms with Crippen molar-refractivity contribution < 1.29 is 4.79 Å². The number of aromatic nitrogens is 3. The van der Waals surface area contributed by atoms with Crippen molar-refractivity contribution in [3.05, 3.63) is 62.8 Å². The Morgan fingerprint density at radius 3 is 2.64 bits per heavy atom. The number of carbonyl (C=O) groups excluding carboxylic acids is 1. The summed E-state index contributed by atoms with van der Waals surface area (Å²) in [5.41, 5.74) is 2.27. The SMILES string of the molecule is O=C(NCc1ccc(-n2cncn2)cc1)c1cc(Cl)sc1Cl. The van der Waals surface area contributed by atoms with E-state index in [0.717, 1.165) is 11.3 Å². The number of hydrogen-bond acceptors (Lipinski definition) is 4. The molecule has 1 N–H and O–H groups in total. The zero-order valence-corrected chi connectivity index (χ0v) is 13.5. The van der Waals surface area contributed by atoms with E-state index in [-0.39, 0.29) is 5.91 Å². The molecule has 0 saturated heterocycles. The fraction of sp³-hybridized carbons (Fsp3) is 0.0714. The zero-order valence-electron chi connectivity index (χ0n) is 11.2. The Hall–Kier alpha value is -1.89. The molecule has 0 unspecified atom stereocenters. The third-order valence-corrected chi connectivity index (χ3v) is 4.46. The van der Waals surface area contributed by atoms with Crippen LogP contribution in [0.5, 0.6) is 0 Å². The van der Waals surface area contributed by atoms with Gasteiger partial charge in [0, 0.05) is 6.54 Å². The molecule has 0 aliphatic heterocycles. The first-order valence-corrected chi connectivity index (χ1v) is 7.87. The van der Waals surface area contributed by atoms with Gasteiger partial charge in [0.15, 0.2) is 0 Å². The first-order valence-electron chi connectivity index (χ1n) is 6.30. The number of halogens is 2. The standard InChI is InChI=1S/C14H10Cl2N4OS/c15-12-5-11(13(16)22-12)14(21)18-6-9-1-3-10(4-2-9)20-8-17-7-19-20/h1-5,7-8H,6H2,(H,18,21). The molecule has 3 aromatic rings. The number of nitrogens with one attached hydrogen (secondary N) is 1. The number of benzene rings is 1. The third kappa shape index (κ3) is 3.30. The van der Waals surface area contributed by atoms with E-state index < -0.39 is 0 Å². The van der Waals surface area contributed by atoms with E-state index in [1.807, 2.05) is 24.3 Å². The summed E-state index contributed by atoms with van der Waals surface area (Å²) in [6.45, 7) is 0.403. The maximum atomic E-state index is 12.0. The molecule has 2 heterocycles. The quantitative estimate of drug-likeness (QED) is 0.780. The fourth-order valence-corrected chi connectivity index (χ4v) is 3.34. The number of thiophene rings is 1. The normalized spacial score (nSPS) is 10.6. The first-order chi connectivity index (χ1) is 10.6. The molecule has 22 heavy (non-hydrogen) atoms. The smallest absolute Gasteiger partial charge is 0.253 e. The summed E-state index contributed by atoms with van der Waals surface area (Å²) < 4.78 is 2.55. The van der Waals surface area contributed by atoms with Crippen molar-refractivity contribution in [1.29, 1.82) is 0 Å². The molecule has 1 amide bonds. The lowest BCUT2D eigenvalue weighted by Crippen LogP contribution is -2.22. The summed E-state index contributed by atoms with van der Waals surface area (Å²) in [6.07, 6.45) is 3.10. The number of carbonyl (C=O) groups is 1. The van der Waals surface area contributed by atoms with Crippen LogP contribution in [-0.2, 0) is 6.54 Å². The Bertz CT molecular complexity index is 784. The van der Waals surface area contributed by atoms with Crippen LogP contribution in [0, 0.1) is 0 Å². The molecule has 0 aliphatic carbocycles. The minimum atomic E-state index is -0.242. The van der Waals surface area contributed by atoms with E-state index in [0.29, 0.717) is 20.8 Å². The predicted molar refractivity (Wildman–Crippen MR) is 86.9 cm³/mol. The number of hydrogen-bond donors (Lipinski definition) is 1. The van der Waals surface area contributed by atoms with E-state index in [1.165, 1.54) is 17.7 Å². The van der Waals surface area contributed by atoms with Crippen LogP contribution in [0.3, 0.4) is 0 Å². The van der Waals surface area contributed by atoms with Crippen LogP contribution in [0.25, 0.3) is 5.69 Å². The van der Waals surface area contributed by atoms with E-state index in [9.17, 15) is 4.79 Å². The van der Waals surface area contributed by atoms with Gasteiger partial charge >= 0.3 is 0 Å². The lowest BCUT2D eigenvalue weighted by Gasteiger charge is -2.06. The molecule has 0 atom stereocenters. The maximum Gasteiger partial charge on any atom is 0.253 e. The highest BCUT2D eigenvalue weighted by molar-refractivity contribution is 7.20. The summed E-state index contributed by atoms with van der Waals surface area (Å²) in [5, 5.41) is 6.87. The third-order valence-electron chi connectivity index (χ3n) is 2.97. The number of nitrogens with zero attached hydrogens (tertiary/aromatic N) is 3. The largest absolute Gasteiger partial charge is 0.348 e. The second-order valence-corrected chi connectivity index (χ2v) is 6.71. The molecule has 112 valence electrons. The summed E-state index contributed by atoms with van der Waals surface area (Å²) in [5.74, 6) is -0.242. The minimum Gasteiger partial charge on any atom is -0.348 e. The van der Waals surface area contributed by atoms with E-state index in [1.54, 1.807) is 17.1 Å². The van der Waals surface area contributed by atoms with Gasteiger partial charge < -0.3 is 5.32 Å². The van der Waals surface area contributed by atoms with Gasteiger partial charge in [-0.25, -0.2) is 9.67 Å². The second-order valence-electron chi connectivity index (χ2n) is 4.43. The highest BCUT2D eigenvalue weighted by Crippen LogP contribution is 2.30. The number of amides is 1. The van der Waals surface area contributed by atoms with Crippen LogP contribution < -0.4 is 5.32 Å². The van der Waals surface area contributed by atoms with Crippen LogP contribution >= 0.6 is 34.5 Å². The molecule has 3 rings (SSSR count). The first kappa shape index (κ1) is 15.0. The van der Waals surface area contributed by atoms with Crippen LogP contribution in [0.2, 0.25) is 8.67 Å². The van der Waals surface area contributed by atoms with Crippen molar-refractivity contribution >= 4 is 40.4 Å². The lowest BCUT2D eigenvalue weighted by atomic mass is 10.2. The van der Waals surface area contributed by atoms with Crippen molar-refractivity contribution in [2.75, 3.05) is 0 Å². The highest BCUT2D eigenvalue weighted by atomic mass is 35.5. The van der Waals surface area contributed by atoms with Gasteiger partial charge in [-0.1, -0.05) is 35.3 Å². The van der Waals surface area contributed by atoms with Gasteiger partial charge in [0.25, 0.3) is 5.91 Å². The Kier molecular flexibility index (Phi) is 4.42. The molecule has 0 fully saturated rings. The maximum absolute atomic E-state index is 12.0. The minimum absolute atomic E-state index is 0.242. The summed E-state index contributed by atoms with van der Waals surface area (Å²) in [7, 11) is 0. The van der Waals surface area contributed by atoms with E-state index >= 15 is 0 Å². The van der Waals surface area contributed by atoms with Gasteiger partial charge in [0.2, 0.25) is 0 Å². The van der Waals surface area contributed by atoms with Gasteiger partial charge in [-0.15, -0.1) is 11.3 Å². The monoisotopic (exact) mass is 352 g/mol. The van der Waals surface area contributed by atoms with Crippen molar-refractivity contribution in [1.82, 2.24) is 20.1 Å². The van der Waals surface area contributed by atoms with Crippen LogP contribution in [-0.4, -0.2) is 20.7 Å². The van der Waals surface area contributed by atoms with Crippen molar-refractivity contribution in [3.8, 4) is 5.69 Å². The number of rotatable bonds is 4. The molecule has 0 radical (unpaired) electrons. The molecular weight excluding hydrogens is 343 g/mol. The summed E-state index contributed by atoms with van der Waals surface area (Å²) in [6, 6.07) is 9.21. The molecule has 0 aliphatic rings. The van der Waals surface area contributed by atoms with Crippen molar-refractivity contribution in [3.63, 3.8) is 0 Å². The molecule has 8 heteroatoms. The molecule has 0 spiro atoms. The fourth-order valence-electron chi connectivity index (χ4n) is 1.88. The zero-order chi connectivity index (χ0) is 15.5. The molecule has 5 nitrogen and oxygen atoms in total. The molecule has 2 aromatic heterocycles. The van der Waals surface area contributed by atoms with E-state index in [2.05, 4.69) is 15.4 Å². The Morgan fingerprint density at radius 2 is 2.05 bits per heavy atom. The van der Waals surface area contributed by atoms with Crippen LogP contribution in [0.1, 0.15) is 15.9 Å².